The van der Waals surface area contributed by atoms with Crippen LogP contribution in [0.5, 0.6) is 0 Å². The molecule has 0 aromatic heterocycles. The summed E-state index contributed by atoms with van der Waals surface area (Å²) in [6.45, 7) is 6.43. The molecule has 0 bridgehead atoms. The summed E-state index contributed by atoms with van der Waals surface area (Å²) in [7, 11) is 0. The van der Waals surface area contributed by atoms with Gasteiger partial charge >= 0.3 is 11.9 Å². The normalized spacial score (nSPS) is 27.2. The molecule has 31 heavy (non-hydrogen) atoms. The Labute approximate surface area is 188 Å². The van der Waals surface area contributed by atoms with Crippen LogP contribution in [0.1, 0.15) is 65.2 Å². The minimum Gasteiger partial charge on any atom is -0.481 e. The molecular weight excluding hydrogens is 420 g/mol. The molecule has 0 spiro atoms. The highest BCUT2D eigenvalue weighted by molar-refractivity contribution is 8.01. The van der Waals surface area contributed by atoms with Gasteiger partial charge in [-0.15, -0.1) is 11.8 Å². The molecule has 0 saturated carbocycles. The predicted molar refractivity (Wildman–Crippen MR) is 121 cm³/mol. The number of likely N-dealkylation sites (tertiary alicyclic amines) is 1. The van der Waals surface area contributed by atoms with Crippen molar-refractivity contribution in [1.82, 2.24) is 9.80 Å². The molecular formula is C21H36N4O5S. The van der Waals surface area contributed by atoms with Crippen LogP contribution in [-0.4, -0.2) is 86.0 Å². The van der Waals surface area contributed by atoms with E-state index in [-0.39, 0.29) is 17.7 Å². The van der Waals surface area contributed by atoms with E-state index >= 15 is 0 Å². The third kappa shape index (κ3) is 6.83. The lowest BCUT2D eigenvalue weighted by Crippen LogP contribution is -2.65. The molecule has 0 aromatic rings. The summed E-state index contributed by atoms with van der Waals surface area (Å²) in [6.07, 6.45) is 9.57. The highest BCUT2D eigenvalue weighted by atomic mass is 32.2. The highest BCUT2D eigenvalue weighted by Crippen LogP contribution is 2.51. The van der Waals surface area contributed by atoms with E-state index in [1.54, 1.807) is 11.8 Å². The van der Waals surface area contributed by atoms with E-state index in [0.29, 0.717) is 6.54 Å². The number of amides is 1. The van der Waals surface area contributed by atoms with Crippen molar-refractivity contribution in [2.75, 3.05) is 19.6 Å². The van der Waals surface area contributed by atoms with Gasteiger partial charge in [-0.25, -0.2) is 4.79 Å². The van der Waals surface area contributed by atoms with Gasteiger partial charge in [0.1, 0.15) is 11.4 Å². The molecule has 1 amide bonds. The van der Waals surface area contributed by atoms with Crippen molar-refractivity contribution in [3.05, 3.63) is 0 Å². The van der Waals surface area contributed by atoms with E-state index in [9.17, 15) is 19.5 Å². The lowest BCUT2D eigenvalue weighted by atomic mass is 9.96. The number of thioether (sulfide) groups is 1. The summed E-state index contributed by atoms with van der Waals surface area (Å²) in [6, 6.07) is -1.17. The predicted octanol–water partition coefficient (Wildman–Crippen LogP) is 2.00. The SMILES string of the molecule is CC1(C)S[C@@H]2[C@H](N=CN3CCCCCC3)C(=O)N2[C@H]1C(=O)O.NCCCCCC(=O)O. The number of aliphatic imine (C=N–C) groups is 1. The van der Waals surface area contributed by atoms with E-state index in [2.05, 4.69) is 9.89 Å². The van der Waals surface area contributed by atoms with Gasteiger partial charge in [-0.3, -0.25) is 14.6 Å². The van der Waals surface area contributed by atoms with Crippen LogP contribution in [0.15, 0.2) is 4.99 Å². The van der Waals surface area contributed by atoms with Gasteiger partial charge in [0.25, 0.3) is 5.91 Å². The Hall–Kier alpha value is -1.81. The zero-order chi connectivity index (χ0) is 23.0. The fraction of sp³-hybridized carbons (Fsp3) is 0.810. The third-order valence-corrected chi connectivity index (χ3v) is 7.33. The van der Waals surface area contributed by atoms with Gasteiger partial charge in [-0.1, -0.05) is 19.3 Å². The van der Waals surface area contributed by atoms with Gasteiger partial charge in [-0.2, -0.15) is 0 Å². The molecule has 9 nitrogen and oxygen atoms in total. The third-order valence-electron chi connectivity index (χ3n) is 5.77. The molecule has 3 aliphatic heterocycles. The molecule has 0 aromatic carbocycles. The second-order valence-corrected chi connectivity index (χ2v) is 10.5. The molecule has 0 unspecified atom stereocenters. The zero-order valence-electron chi connectivity index (χ0n) is 18.5. The van der Waals surface area contributed by atoms with Crippen molar-refractivity contribution in [2.45, 2.75) is 87.4 Å². The molecule has 3 heterocycles. The maximum Gasteiger partial charge on any atom is 0.327 e. The van der Waals surface area contributed by atoms with Crippen LogP contribution in [0.25, 0.3) is 0 Å². The van der Waals surface area contributed by atoms with Gasteiger partial charge in [0, 0.05) is 24.3 Å². The van der Waals surface area contributed by atoms with E-state index in [0.717, 1.165) is 32.4 Å². The average molecular weight is 457 g/mol. The number of carbonyl (C=O) groups is 3. The first-order valence-electron chi connectivity index (χ1n) is 11.1. The highest BCUT2D eigenvalue weighted by Gasteiger charge is 2.63. The molecule has 0 radical (unpaired) electrons. The quantitative estimate of drug-likeness (QED) is 0.218. The zero-order valence-corrected chi connectivity index (χ0v) is 19.4. The lowest BCUT2D eigenvalue weighted by molar-refractivity contribution is -0.158. The molecule has 3 fully saturated rings. The number of aliphatic carboxylic acids is 2. The van der Waals surface area contributed by atoms with Crippen molar-refractivity contribution in [3.8, 4) is 0 Å². The topological polar surface area (TPSA) is 137 Å². The van der Waals surface area contributed by atoms with Crippen molar-refractivity contribution >= 4 is 35.9 Å². The molecule has 3 aliphatic rings. The van der Waals surface area contributed by atoms with Gasteiger partial charge in [0.05, 0.1) is 6.34 Å². The second kappa shape index (κ2) is 11.7. The summed E-state index contributed by atoms with van der Waals surface area (Å²) in [5.74, 6) is -1.79. The van der Waals surface area contributed by atoms with Crippen LogP contribution in [0, 0.1) is 0 Å². The van der Waals surface area contributed by atoms with Crippen molar-refractivity contribution < 1.29 is 24.6 Å². The smallest absolute Gasteiger partial charge is 0.327 e. The van der Waals surface area contributed by atoms with Crippen molar-refractivity contribution in [1.29, 1.82) is 0 Å². The monoisotopic (exact) mass is 456 g/mol. The van der Waals surface area contributed by atoms with E-state index in [4.69, 9.17) is 10.8 Å². The Bertz CT molecular complexity index is 664. The lowest BCUT2D eigenvalue weighted by Gasteiger charge is -2.41. The van der Waals surface area contributed by atoms with Crippen LogP contribution in [0.4, 0.5) is 0 Å². The van der Waals surface area contributed by atoms with Crippen LogP contribution < -0.4 is 5.73 Å². The van der Waals surface area contributed by atoms with Gasteiger partial charge in [-0.05, 0) is 46.1 Å². The number of hydrogen-bond acceptors (Lipinski definition) is 6. The number of hydrogen-bond donors (Lipinski definition) is 3. The molecule has 3 rings (SSSR count). The molecule has 3 saturated heterocycles. The summed E-state index contributed by atoms with van der Waals surface area (Å²) in [5.41, 5.74) is 5.20. The number of unbranched alkanes of at least 4 members (excludes halogenated alkanes) is 2. The van der Waals surface area contributed by atoms with Gasteiger partial charge < -0.3 is 25.7 Å². The number of fused-ring (bicyclic) bond motifs is 1. The number of carbonyl (C=O) groups excluding carboxylic acids is 1. The molecule has 10 heteroatoms. The van der Waals surface area contributed by atoms with Crippen LogP contribution in [0.3, 0.4) is 0 Å². The Balaban J connectivity index is 0.000000323. The van der Waals surface area contributed by atoms with E-state index < -0.39 is 28.8 Å². The minimum atomic E-state index is -0.928. The largest absolute Gasteiger partial charge is 0.481 e. The fourth-order valence-electron chi connectivity index (χ4n) is 4.10. The Morgan fingerprint density at radius 3 is 2.35 bits per heavy atom. The first-order chi connectivity index (χ1) is 14.7. The average Bonchev–Trinajstić information content (AvgIpc) is 2.83. The number of nitrogens with two attached hydrogens (primary N) is 1. The summed E-state index contributed by atoms with van der Waals surface area (Å²) in [5, 5.41) is 17.4. The van der Waals surface area contributed by atoms with Gasteiger partial charge in [0.15, 0.2) is 6.04 Å². The molecule has 0 aliphatic carbocycles. The number of β-lactam (4-membered cyclic amide) rings is 1. The van der Waals surface area contributed by atoms with Crippen molar-refractivity contribution in [2.24, 2.45) is 10.7 Å². The van der Waals surface area contributed by atoms with Crippen molar-refractivity contribution in [3.63, 3.8) is 0 Å². The number of nitrogens with zero attached hydrogens (tertiary/aromatic N) is 3. The Morgan fingerprint density at radius 1 is 1.16 bits per heavy atom. The minimum absolute atomic E-state index is 0.133. The first-order valence-corrected chi connectivity index (χ1v) is 12.0. The van der Waals surface area contributed by atoms with Crippen LogP contribution in [0.2, 0.25) is 0 Å². The van der Waals surface area contributed by atoms with Crippen LogP contribution >= 0.6 is 11.8 Å². The number of rotatable bonds is 8. The maximum atomic E-state index is 12.3. The molecule has 3 atom stereocenters. The van der Waals surface area contributed by atoms with E-state index in [1.807, 2.05) is 20.2 Å². The van der Waals surface area contributed by atoms with E-state index in [1.165, 1.54) is 30.6 Å². The fourth-order valence-corrected chi connectivity index (χ4v) is 5.72. The Morgan fingerprint density at radius 2 is 1.81 bits per heavy atom. The molecule has 4 N–H and O–H groups in total. The summed E-state index contributed by atoms with van der Waals surface area (Å²) in [4.78, 5) is 41.8. The summed E-state index contributed by atoms with van der Waals surface area (Å²) < 4.78 is -0.473. The second-order valence-electron chi connectivity index (χ2n) is 8.75. The molecule has 176 valence electrons. The van der Waals surface area contributed by atoms with Gasteiger partial charge in [0.2, 0.25) is 0 Å². The maximum absolute atomic E-state index is 12.3. The first kappa shape index (κ1) is 25.5. The standard InChI is InChI=1S/C15H23N3O3S.C6H13NO2/c1-15(2)11(14(20)21)18-12(19)10(13(18)22-15)16-9-17-7-5-3-4-6-8-17;7-5-3-1-2-4-6(8)9/h9-11,13H,3-8H2,1-2H3,(H,20,21);1-5,7H2,(H,8,9)/t10-,11+,13-;/m1./s1. The number of carboxylic acid groups (broad SMARTS) is 2. The number of carboxylic acids is 2. The Kier molecular flexibility index (Phi) is 9.61. The summed E-state index contributed by atoms with van der Waals surface area (Å²) >= 11 is 1.55. The van der Waals surface area contributed by atoms with Crippen LogP contribution in [-0.2, 0) is 14.4 Å².